The van der Waals surface area contributed by atoms with Crippen LogP contribution < -0.4 is 11.1 Å². The van der Waals surface area contributed by atoms with Gasteiger partial charge in [-0.1, -0.05) is 0 Å². The van der Waals surface area contributed by atoms with Gasteiger partial charge in [-0.3, -0.25) is 4.79 Å². The number of rotatable bonds is 3. The Morgan fingerprint density at radius 3 is 2.69 bits per heavy atom. The van der Waals surface area contributed by atoms with Gasteiger partial charge in [0.1, 0.15) is 5.82 Å². The summed E-state index contributed by atoms with van der Waals surface area (Å²) >= 11 is 0. The number of hydrogen-bond donors (Lipinski definition) is 3. The van der Waals surface area contributed by atoms with Gasteiger partial charge in [-0.15, -0.1) is 0 Å². The molecule has 0 saturated carbocycles. The van der Waals surface area contributed by atoms with Crippen LogP contribution >= 0.6 is 0 Å². The molecule has 0 spiro atoms. The smallest absolute Gasteiger partial charge is 0.347 e. The minimum absolute atomic E-state index is 0.130. The molecule has 0 fully saturated rings. The van der Waals surface area contributed by atoms with Crippen LogP contribution in [0.2, 0.25) is 0 Å². The van der Waals surface area contributed by atoms with Gasteiger partial charge < -0.3 is 16.0 Å². The lowest BCUT2D eigenvalue weighted by Crippen LogP contribution is -2.61. The van der Waals surface area contributed by atoms with E-state index in [2.05, 4.69) is 15.3 Å². The Balaban J connectivity index is 2.59. The Bertz CT molecular complexity index is 358. The first-order valence-corrected chi connectivity index (χ1v) is 4.37. The van der Waals surface area contributed by atoms with Crippen molar-refractivity contribution in [2.24, 2.45) is 5.73 Å². The molecule has 8 heteroatoms. The van der Waals surface area contributed by atoms with E-state index in [1.165, 1.54) is 12.4 Å². The molecule has 4 N–H and O–H groups in total. The average Bonchev–Trinajstić information content (AvgIpc) is 2.64. The zero-order chi connectivity index (χ0) is 12.4. The highest BCUT2D eigenvalue weighted by Gasteiger charge is 2.53. The summed E-state index contributed by atoms with van der Waals surface area (Å²) in [5.74, 6) is -0.942. The SMILES string of the molecule is CC(N)(C(=O)NCc1ncc[nH]1)C(F)(F)F. The number of nitrogens with one attached hydrogen (secondary N) is 2. The maximum Gasteiger partial charge on any atom is 0.415 e. The number of alkyl halides is 3. The standard InChI is InChI=1S/C8H11F3N4O/c1-7(12,8(9,10)11)6(16)15-4-5-13-2-3-14-5/h2-3H,4,12H2,1H3,(H,13,14)(H,15,16). The minimum Gasteiger partial charge on any atom is -0.347 e. The van der Waals surface area contributed by atoms with Crippen LogP contribution in [0.3, 0.4) is 0 Å². The third kappa shape index (κ3) is 2.51. The van der Waals surface area contributed by atoms with Crippen molar-refractivity contribution in [1.29, 1.82) is 0 Å². The van der Waals surface area contributed by atoms with Crippen LogP contribution in [0.5, 0.6) is 0 Å². The fourth-order valence-corrected chi connectivity index (χ4v) is 0.871. The first kappa shape index (κ1) is 12.5. The number of nitrogens with zero attached hydrogens (tertiary/aromatic N) is 1. The Morgan fingerprint density at radius 2 is 2.25 bits per heavy atom. The van der Waals surface area contributed by atoms with Crippen LogP contribution in [-0.2, 0) is 11.3 Å². The zero-order valence-corrected chi connectivity index (χ0v) is 8.43. The van der Waals surface area contributed by atoms with Crippen molar-refractivity contribution in [3.05, 3.63) is 18.2 Å². The van der Waals surface area contributed by atoms with Crippen LogP contribution in [0.4, 0.5) is 13.2 Å². The number of imidazole rings is 1. The molecule has 1 amide bonds. The summed E-state index contributed by atoms with van der Waals surface area (Å²) in [6, 6.07) is 0. The molecule has 0 aliphatic rings. The van der Waals surface area contributed by atoms with Gasteiger partial charge >= 0.3 is 6.18 Å². The summed E-state index contributed by atoms with van der Waals surface area (Å²) in [5, 5.41) is 2.05. The fourth-order valence-electron chi connectivity index (χ4n) is 0.871. The number of H-pyrrole nitrogens is 1. The third-order valence-electron chi connectivity index (χ3n) is 2.03. The minimum atomic E-state index is -4.79. The van der Waals surface area contributed by atoms with Gasteiger partial charge in [0, 0.05) is 12.4 Å². The van der Waals surface area contributed by atoms with Gasteiger partial charge in [0.25, 0.3) is 0 Å². The van der Waals surface area contributed by atoms with Crippen LogP contribution in [0.1, 0.15) is 12.7 Å². The van der Waals surface area contributed by atoms with Crippen molar-refractivity contribution in [1.82, 2.24) is 15.3 Å². The number of nitrogens with two attached hydrogens (primary N) is 1. The molecule has 90 valence electrons. The van der Waals surface area contributed by atoms with Gasteiger partial charge in [-0.05, 0) is 6.92 Å². The fraction of sp³-hybridized carbons (Fsp3) is 0.500. The number of halogens is 3. The van der Waals surface area contributed by atoms with Crippen molar-refractivity contribution in [3.8, 4) is 0 Å². The lowest BCUT2D eigenvalue weighted by Gasteiger charge is -2.25. The van der Waals surface area contributed by atoms with E-state index in [0.717, 1.165) is 0 Å². The molecule has 0 aromatic carbocycles. The molecule has 16 heavy (non-hydrogen) atoms. The van der Waals surface area contributed by atoms with E-state index in [1.54, 1.807) is 0 Å². The quantitative estimate of drug-likeness (QED) is 0.706. The first-order chi connectivity index (χ1) is 7.25. The molecule has 1 aromatic rings. The van der Waals surface area contributed by atoms with Gasteiger partial charge in [0.2, 0.25) is 5.91 Å². The van der Waals surface area contributed by atoms with E-state index in [-0.39, 0.29) is 6.54 Å². The summed E-state index contributed by atoms with van der Waals surface area (Å²) in [6.07, 6.45) is -1.87. The second-order valence-corrected chi connectivity index (χ2v) is 3.42. The molecule has 0 aliphatic carbocycles. The van der Waals surface area contributed by atoms with Crippen LogP contribution in [0.15, 0.2) is 12.4 Å². The van der Waals surface area contributed by atoms with E-state index >= 15 is 0 Å². The lowest BCUT2D eigenvalue weighted by molar-refractivity contribution is -0.187. The van der Waals surface area contributed by atoms with Gasteiger partial charge in [0.15, 0.2) is 5.54 Å². The highest BCUT2D eigenvalue weighted by atomic mass is 19.4. The molecule has 0 radical (unpaired) electrons. The number of hydrogen-bond acceptors (Lipinski definition) is 3. The summed E-state index contributed by atoms with van der Waals surface area (Å²) in [7, 11) is 0. The topological polar surface area (TPSA) is 83.8 Å². The highest BCUT2D eigenvalue weighted by molar-refractivity contribution is 5.86. The molecule has 1 rings (SSSR count). The maximum absolute atomic E-state index is 12.3. The van der Waals surface area contributed by atoms with Crippen molar-refractivity contribution >= 4 is 5.91 Å². The Morgan fingerprint density at radius 1 is 1.62 bits per heavy atom. The predicted octanol–water partition coefficient (Wildman–Crippen LogP) is 0.306. The second kappa shape index (κ2) is 4.12. The van der Waals surface area contributed by atoms with Crippen molar-refractivity contribution in [2.45, 2.75) is 25.2 Å². The molecule has 1 aromatic heterocycles. The number of aromatic nitrogens is 2. The summed E-state index contributed by atoms with van der Waals surface area (Å²) in [4.78, 5) is 17.6. The van der Waals surface area contributed by atoms with Crippen molar-refractivity contribution in [3.63, 3.8) is 0 Å². The summed E-state index contributed by atoms with van der Waals surface area (Å²) < 4.78 is 37.0. The monoisotopic (exact) mass is 236 g/mol. The molecular weight excluding hydrogens is 225 g/mol. The lowest BCUT2D eigenvalue weighted by atomic mass is 10.0. The van der Waals surface area contributed by atoms with Crippen LogP contribution in [0.25, 0.3) is 0 Å². The zero-order valence-electron chi connectivity index (χ0n) is 8.43. The van der Waals surface area contributed by atoms with Gasteiger partial charge in [-0.2, -0.15) is 13.2 Å². The number of carbonyl (C=O) groups is 1. The van der Waals surface area contributed by atoms with E-state index < -0.39 is 17.6 Å². The molecule has 1 atom stereocenters. The van der Waals surface area contributed by atoms with Crippen LogP contribution in [0, 0.1) is 0 Å². The molecule has 1 unspecified atom stereocenters. The largest absolute Gasteiger partial charge is 0.415 e. The van der Waals surface area contributed by atoms with E-state index in [1.807, 2.05) is 0 Å². The van der Waals surface area contributed by atoms with Crippen molar-refractivity contribution < 1.29 is 18.0 Å². The molecular formula is C8H11F3N4O. The van der Waals surface area contributed by atoms with Gasteiger partial charge in [0.05, 0.1) is 6.54 Å². The number of amides is 1. The van der Waals surface area contributed by atoms with E-state index in [4.69, 9.17) is 5.73 Å². The second-order valence-electron chi connectivity index (χ2n) is 3.42. The molecule has 1 heterocycles. The molecule has 0 bridgehead atoms. The third-order valence-corrected chi connectivity index (χ3v) is 2.03. The first-order valence-electron chi connectivity index (χ1n) is 4.37. The number of aromatic amines is 1. The van der Waals surface area contributed by atoms with E-state index in [0.29, 0.717) is 12.7 Å². The summed E-state index contributed by atoms with van der Waals surface area (Å²) in [5.41, 5.74) is 2.01. The van der Waals surface area contributed by atoms with Gasteiger partial charge in [-0.25, -0.2) is 4.98 Å². The Labute approximate surface area is 89.2 Å². The normalized spacial score (nSPS) is 15.6. The summed E-state index contributed by atoms with van der Waals surface area (Å²) in [6.45, 7) is 0.485. The molecule has 0 saturated heterocycles. The molecule has 0 aliphatic heterocycles. The predicted molar refractivity (Wildman–Crippen MR) is 49.1 cm³/mol. The Kier molecular flexibility index (Phi) is 3.22. The Hall–Kier alpha value is -1.57. The van der Waals surface area contributed by atoms with Crippen LogP contribution in [-0.4, -0.2) is 27.6 Å². The average molecular weight is 236 g/mol. The van der Waals surface area contributed by atoms with Crippen molar-refractivity contribution in [2.75, 3.05) is 0 Å². The maximum atomic E-state index is 12.3. The number of carbonyl (C=O) groups excluding carboxylic acids is 1. The van der Waals surface area contributed by atoms with E-state index in [9.17, 15) is 18.0 Å². The highest BCUT2D eigenvalue weighted by Crippen LogP contribution is 2.27. The molecule has 5 nitrogen and oxygen atoms in total.